The van der Waals surface area contributed by atoms with Crippen molar-refractivity contribution >= 4 is 11.6 Å². The highest BCUT2D eigenvalue weighted by Crippen LogP contribution is 2.42. The molecule has 36 heavy (non-hydrogen) atoms. The van der Waals surface area contributed by atoms with E-state index in [4.69, 9.17) is 4.74 Å². The lowest BCUT2D eigenvalue weighted by Crippen LogP contribution is -2.41. The number of amides is 1. The van der Waals surface area contributed by atoms with Gasteiger partial charge in [0, 0.05) is 26.3 Å². The minimum absolute atomic E-state index is 0.00677. The van der Waals surface area contributed by atoms with Crippen molar-refractivity contribution in [3.8, 4) is 0 Å². The number of benzene rings is 2. The first-order chi connectivity index (χ1) is 16.5. The lowest BCUT2D eigenvalue weighted by Gasteiger charge is -2.40. The summed E-state index contributed by atoms with van der Waals surface area (Å²) < 4.78 is 125. The number of carbonyl (C=O) groups is 1. The molecule has 0 unspecified atom stereocenters. The van der Waals surface area contributed by atoms with E-state index in [1.54, 1.807) is 0 Å². The van der Waals surface area contributed by atoms with Gasteiger partial charge in [-0.15, -0.1) is 0 Å². The van der Waals surface area contributed by atoms with E-state index in [-0.39, 0.29) is 30.3 Å². The molecule has 0 saturated heterocycles. The fourth-order valence-electron chi connectivity index (χ4n) is 4.18. The summed E-state index contributed by atoms with van der Waals surface area (Å²) in [6.07, 6.45) is -14.9. The zero-order valence-electron chi connectivity index (χ0n) is 18.9. The third kappa shape index (κ3) is 6.23. The van der Waals surface area contributed by atoms with Crippen molar-refractivity contribution in [2.75, 3.05) is 19.0 Å². The molecule has 1 aliphatic heterocycles. The van der Waals surface area contributed by atoms with Crippen molar-refractivity contribution in [2.24, 2.45) is 0 Å². The molecule has 2 atom stereocenters. The highest BCUT2D eigenvalue weighted by atomic mass is 19.4. The second-order valence-electron chi connectivity index (χ2n) is 8.41. The second kappa shape index (κ2) is 9.83. The summed E-state index contributed by atoms with van der Waals surface area (Å²) in [5, 5.41) is 2.99. The molecule has 0 saturated carbocycles. The molecule has 0 aromatic heterocycles. The number of anilines is 1. The van der Waals surface area contributed by atoms with E-state index in [2.05, 4.69) is 5.32 Å². The summed E-state index contributed by atoms with van der Waals surface area (Å²) in [7, 11) is 1.38. The predicted molar refractivity (Wildman–Crippen MR) is 111 cm³/mol. The molecule has 0 bridgehead atoms. The van der Waals surface area contributed by atoms with Gasteiger partial charge in [0.2, 0.25) is 5.91 Å². The van der Waals surface area contributed by atoms with Crippen molar-refractivity contribution in [3.05, 3.63) is 64.2 Å². The van der Waals surface area contributed by atoms with E-state index < -0.39 is 65.3 Å². The molecule has 1 heterocycles. The highest BCUT2D eigenvalue weighted by molar-refractivity contribution is 5.75. The van der Waals surface area contributed by atoms with E-state index in [9.17, 15) is 44.3 Å². The van der Waals surface area contributed by atoms with Crippen LogP contribution in [0, 0.1) is 0 Å². The molecule has 198 valence electrons. The van der Waals surface area contributed by atoms with Gasteiger partial charge in [-0.05, 0) is 53.9 Å². The van der Waals surface area contributed by atoms with E-state index in [0.29, 0.717) is 12.1 Å². The van der Waals surface area contributed by atoms with Crippen LogP contribution < -0.4 is 5.32 Å². The van der Waals surface area contributed by atoms with Gasteiger partial charge in [0.25, 0.3) is 0 Å². The van der Waals surface area contributed by atoms with Crippen molar-refractivity contribution in [3.63, 3.8) is 0 Å². The van der Waals surface area contributed by atoms with Crippen molar-refractivity contribution in [1.82, 2.24) is 4.90 Å². The summed E-state index contributed by atoms with van der Waals surface area (Å²) in [4.78, 5) is 13.5. The van der Waals surface area contributed by atoms with E-state index in [1.807, 2.05) is 0 Å². The molecule has 2 aromatic carbocycles. The normalized spacial score (nSPS) is 18.4. The first-order valence-electron chi connectivity index (χ1n) is 10.5. The van der Waals surface area contributed by atoms with Gasteiger partial charge in [0.1, 0.15) is 0 Å². The minimum Gasteiger partial charge on any atom is -0.383 e. The zero-order valence-corrected chi connectivity index (χ0v) is 18.9. The smallest absolute Gasteiger partial charge is 0.383 e. The van der Waals surface area contributed by atoms with Crippen molar-refractivity contribution in [1.29, 1.82) is 0 Å². The summed E-state index contributed by atoms with van der Waals surface area (Å²) in [5.41, 5.74) is -4.32. The van der Waals surface area contributed by atoms with Gasteiger partial charge in [-0.2, -0.15) is 39.5 Å². The Morgan fingerprint density at radius 1 is 0.917 bits per heavy atom. The van der Waals surface area contributed by atoms with Crippen LogP contribution >= 0.6 is 0 Å². The van der Waals surface area contributed by atoms with Crippen molar-refractivity contribution in [2.45, 2.75) is 50.5 Å². The third-order valence-corrected chi connectivity index (χ3v) is 5.75. The number of fused-ring (bicyclic) bond motifs is 1. The zero-order chi connectivity index (χ0) is 27.1. The van der Waals surface area contributed by atoms with Crippen LogP contribution in [0.5, 0.6) is 0 Å². The average Bonchev–Trinajstić information content (AvgIpc) is 2.74. The van der Waals surface area contributed by atoms with Crippen LogP contribution in [0.2, 0.25) is 0 Å². The summed E-state index contributed by atoms with van der Waals surface area (Å²) in [6.45, 7) is 0.436. The van der Waals surface area contributed by atoms with Crippen LogP contribution in [-0.2, 0) is 34.6 Å². The van der Waals surface area contributed by atoms with Crippen LogP contribution in [0.1, 0.15) is 47.2 Å². The first kappa shape index (κ1) is 27.6. The fraction of sp³-hybridized carbons (Fsp3) is 0.435. The largest absolute Gasteiger partial charge is 0.416 e. The van der Waals surface area contributed by atoms with Crippen molar-refractivity contribution < 1.29 is 49.0 Å². The molecule has 1 N–H and O–H groups in total. The molecule has 4 nitrogen and oxygen atoms in total. The van der Waals surface area contributed by atoms with Gasteiger partial charge in [0.15, 0.2) is 0 Å². The third-order valence-electron chi connectivity index (χ3n) is 5.75. The number of nitrogens with one attached hydrogen (secondary N) is 1. The summed E-state index contributed by atoms with van der Waals surface area (Å²) in [6, 6.07) is 2.20. The maximum absolute atomic E-state index is 13.4. The number of halogens is 9. The SMILES string of the molecule is COC[C@@H]1C[C@H](N(Cc2cc(C(F)(F)F)cc(C(F)(F)F)c2)C(C)=O)c2cc(C(F)(F)F)ccc2N1. The van der Waals surface area contributed by atoms with Gasteiger partial charge in [-0.3, -0.25) is 4.79 Å². The molecule has 0 spiro atoms. The molecular formula is C23H21F9N2O2. The molecular weight excluding hydrogens is 507 g/mol. The van der Waals surface area contributed by atoms with Crippen LogP contribution in [0.25, 0.3) is 0 Å². The molecule has 1 aliphatic rings. The van der Waals surface area contributed by atoms with Crippen LogP contribution in [0.3, 0.4) is 0 Å². The Morgan fingerprint density at radius 3 is 1.94 bits per heavy atom. The Morgan fingerprint density at radius 2 is 1.47 bits per heavy atom. The molecule has 0 radical (unpaired) electrons. The second-order valence-corrected chi connectivity index (χ2v) is 8.41. The van der Waals surface area contributed by atoms with E-state index in [0.717, 1.165) is 30.0 Å². The monoisotopic (exact) mass is 528 g/mol. The van der Waals surface area contributed by atoms with Gasteiger partial charge >= 0.3 is 18.5 Å². The molecule has 3 rings (SSSR count). The number of carbonyl (C=O) groups excluding carboxylic acids is 1. The molecule has 13 heteroatoms. The standard InChI is InChI=1S/C23H21F9N2O2/c1-12(35)34(10-13-5-15(22(27,28)29)7-16(6-13)23(30,31)32)20-9-17(11-36-2)33-19-4-3-14(8-18(19)20)21(24,25)26/h3-8,17,20,33H,9-11H2,1-2H3/t17-,20-/m0/s1. The van der Waals surface area contributed by atoms with Gasteiger partial charge in [-0.1, -0.05) is 0 Å². The Labute approximate surface area is 200 Å². The number of hydrogen-bond donors (Lipinski definition) is 1. The predicted octanol–water partition coefficient (Wildman–Crippen LogP) is 6.66. The summed E-state index contributed by atoms with van der Waals surface area (Å²) in [5.74, 6) is -0.743. The number of rotatable bonds is 5. The lowest BCUT2D eigenvalue weighted by atomic mass is 9.90. The van der Waals surface area contributed by atoms with Crippen LogP contribution in [0.15, 0.2) is 36.4 Å². The number of ether oxygens (including phenoxy) is 1. The highest BCUT2D eigenvalue weighted by Gasteiger charge is 2.39. The molecule has 1 amide bonds. The van der Waals surface area contributed by atoms with E-state index in [1.165, 1.54) is 7.11 Å². The molecule has 0 aliphatic carbocycles. The first-order valence-corrected chi connectivity index (χ1v) is 10.5. The fourth-order valence-corrected chi connectivity index (χ4v) is 4.18. The number of methoxy groups -OCH3 is 1. The van der Waals surface area contributed by atoms with Crippen LogP contribution in [-0.4, -0.2) is 30.6 Å². The Kier molecular flexibility index (Phi) is 7.54. The van der Waals surface area contributed by atoms with Gasteiger partial charge < -0.3 is 15.0 Å². The number of hydrogen-bond acceptors (Lipinski definition) is 3. The summed E-state index contributed by atoms with van der Waals surface area (Å²) >= 11 is 0. The lowest BCUT2D eigenvalue weighted by molar-refractivity contribution is -0.143. The minimum atomic E-state index is -5.09. The Balaban J connectivity index is 2.11. The number of nitrogens with zero attached hydrogens (tertiary/aromatic N) is 1. The van der Waals surface area contributed by atoms with Crippen LogP contribution in [0.4, 0.5) is 45.2 Å². The maximum atomic E-state index is 13.4. The van der Waals surface area contributed by atoms with E-state index >= 15 is 0 Å². The Bertz CT molecular complexity index is 1080. The molecule has 0 fully saturated rings. The Hall–Kier alpha value is -2.96. The average molecular weight is 528 g/mol. The topological polar surface area (TPSA) is 41.6 Å². The van der Waals surface area contributed by atoms with Gasteiger partial charge in [-0.25, -0.2) is 0 Å². The molecule has 2 aromatic rings. The quantitative estimate of drug-likeness (QED) is 0.442. The maximum Gasteiger partial charge on any atom is 0.416 e. The number of alkyl halides is 9. The van der Waals surface area contributed by atoms with Gasteiger partial charge in [0.05, 0.1) is 35.4 Å².